The number of aryl methyl sites for hydroxylation is 1. The van der Waals surface area contributed by atoms with Crippen molar-refractivity contribution in [2.75, 3.05) is 11.9 Å². The molecule has 2 aromatic rings. The highest BCUT2D eigenvalue weighted by Gasteiger charge is 1.99. The van der Waals surface area contributed by atoms with Crippen LogP contribution >= 0.6 is 0 Å². The number of anilines is 1. The van der Waals surface area contributed by atoms with E-state index in [9.17, 15) is 0 Å². The normalized spacial score (nSPS) is 10.1. The summed E-state index contributed by atoms with van der Waals surface area (Å²) >= 11 is 0. The zero-order valence-electron chi connectivity index (χ0n) is 10.8. The van der Waals surface area contributed by atoms with Gasteiger partial charge in [0.05, 0.1) is 6.61 Å². The van der Waals surface area contributed by atoms with Gasteiger partial charge < -0.3 is 10.1 Å². The summed E-state index contributed by atoms with van der Waals surface area (Å²) in [5.74, 6) is 1.84. The molecule has 0 fully saturated rings. The van der Waals surface area contributed by atoms with E-state index in [-0.39, 0.29) is 0 Å². The molecule has 0 atom stereocenters. The summed E-state index contributed by atoms with van der Waals surface area (Å²) in [5.41, 5.74) is 2.34. The third-order valence-corrected chi connectivity index (χ3v) is 2.68. The minimum Gasteiger partial charge on any atom is -0.494 e. The summed E-state index contributed by atoms with van der Waals surface area (Å²) in [6, 6.07) is 12.1. The van der Waals surface area contributed by atoms with Crippen LogP contribution in [0.3, 0.4) is 0 Å². The van der Waals surface area contributed by atoms with Gasteiger partial charge >= 0.3 is 0 Å². The highest BCUT2D eigenvalue weighted by atomic mass is 16.5. The number of nitrogens with zero attached hydrogens (tertiary/aromatic N) is 1. The smallest absolute Gasteiger partial charge is 0.129 e. The van der Waals surface area contributed by atoms with Crippen LogP contribution in [0.4, 0.5) is 5.82 Å². The molecule has 0 bridgehead atoms. The Morgan fingerprint density at radius 1 is 1.22 bits per heavy atom. The molecule has 0 aliphatic heterocycles. The maximum Gasteiger partial charge on any atom is 0.129 e. The molecule has 0 radical (unpaired) electrons. The van der Waals surface area contributed by atoms with Crippen LogP contribution in [0.1, 0.15) is 18.1 Å². The standard InChI is InChI=1S/C15H18N2O/c1-3-18-14-8-4-7-13(10-14)11-17-15-12(2)6-5-9-16-15/h4-10H,3,11H2,1-2H3,(H,16,17). The lowest BCUT2D eigenvalue weighted by Gasteiger charge is -2.09. The summed E-state index contributed by atoms with van der Waals surface area (Å²) in [5, 5.41) is 3.33. The summed E-state index contributed by atoms with van der Waals surface area (Å²) in [6.07, 6.45) is 1.80. The third kappa shape index (κ3) is 3.23. The lowest BCUT2D eigenvalue weighted by molar-refractivity contribution is 0.340. The van der Waals surface area contributed by atoms with Gasteiger partial charge in [-0.3, -0.25) is 0 Å². The number of nitrogens with one attached hydrogen (secondary N) is 1. The van der Waals surface area contributed by atoms with Crippen molar-refractivity contribution in [1.82, 2.24) is 4.98 Å². The second-order valence-electron chi connectivity index (χ2n) is 4.10. The number of pyridine rings is 1. The predicted molar refractivity (Wildman–Crippen MR) is 73.9 cm³/mol. The maximum atomic E-state index is 5.48. The van der Waals surface area contributed by atoms with E-state index in [4.69, 9.17) is 4.74 Å². The molecular formula is C15H18N2O. The highest BCUT2D eigenvalue weighted by molar-refractivity contribution is 5.43. The van der Waals surface area contributed by atoms with Gasteiger partial charge in [-0.1, -0.05) is 18.2 Å². The van der Waals surface area contributed by atoms with Crippen LogP contribution in [0.25, 0.3) is 0 Å². The van der Waals surface area contributed by atoms with Crippen LogP contribution in [-0.2, 0) is 6.54 Å². The third-order valence-electron chi connectivity index (χ3n) is 2.68. The summed E-state index contributed by atoms with van der Waals surface area (Å²) in [6.45, 7) is 5.48. The number of hydrogen-bond donors (Lipinski definition) is 1. The van der Waals surface area contributed by atoms with Crippen LogP contribution in [0, 0.1) is 6.92 Å². The minimum atomic E-state index is 0.691. The number of rotatable bonds is 5. The maximum absolute atomic E-state index is 5.48. The lowest BCUT2D eigenvalue weighted by atomic mass is 10.2. The van der Waals surface area contributed by atoms with Gasteiger partial charge in [0.15, 0.2) is 0 Å². The number of hydrogen-bond acceptors (Lipinski definition) is 3. The Kier molecular flexibility index (Phi) is 4.18. The fraction of sp³-hybridized carbons (Fsp3) is 0.267. The average Bonchev–Trinajstić information content (AvgIpc) is 2.39. The molecule has 1 aromatic carbocycles. The molecule has 1 heterocycles. The Hall–Kier alpha value is -2.03. The van der Waals surface area contributed by atoms with Gasteiger partial charge in [0.2, 0.25) is 0 Å². The number of benzene rings is 1. The molecule has 0 unspecified atom stereocenters. The average molecular weight is 242 g/mol. The molecule has 94 valence electrons. The number of ether oxygens (including phenoxy) is 1. The molecule has 3 heteroatoms. The van der Waals surface area contributed by atoms with Crippen LogP contribution in [0.5, 0.6) is 5.75 Å². The zero-order valence-corrected chi connectivity index (χ0v) is 10.8. The van der Waals surface area contributed by atoms with Crippen molar-refractivity contribution >= 4 is 5.82 Å². The van der Waals surface area contributed by atoms with Crippen molar-refractivity contribution in [2.24, 2.45) is 0 Å². The minimum absolute atomic E-state index is 0.691. The van der Waals surface area contributed by atoms with E-state index >= 15 is 0 Å². The predicted octanol–water partition coefficient (Wildman–Crippen LogP) is 3.40. The van der Waals surface area contributed by atoms with Crippen LogP contribution in [-0.4, -0.2) is 11.6 Å². The van der Waals surface area contributed by atoms with Crippen LogP contribution in [0.15, 0.2) is 42.6 Å². The summed E-state index contributed by atoms with van der Waals surface area (Å²) in [4.78, 5) is 4.31. The van der Waals surface area contributed by atoms with Crippen molar-refractivity contribution in [3.63, 3.8) is 0 Å². The van der Waals surface area contributed by atoms with E-state index in [0.29, 0.717) is 6.61 Å². The van der Waals surface area contributed by atoms with Gasteiger partial charge in [0.1, 0.15) is 11.6 Å². The molecule has 0 spiro atoms. The van der Waals surface area contributed by atoms with Gasteiger partial charge in [-0.2, -0.15) is 0 Å². The molecule has 0 saturated carbocycles. The van der Waals surface area contributed by atoms with Gasteiger partial charge in [-0.15, -0.1) is 0 Å². The van der Waals surface area contributed by atoms with Gasteiger partial charge in [0, 0.05) is 12.7 Å². The van der Waals surface area contributed by atoms with E-state index in [2.05, 4.69) is 22.4 Å². The molecule has 1 N–H and O–H groups in total. The first-order valence-corrected chi connectivity index (χ1v) is 6.17. The van der Waals surface area contributed by atoms with Crippen molar-refractivity contribution in [2.45, 2.75) is 20.4 Å². The lowest BCUT2D eigenvalue weighted by Crippen LogP contribution is -2.03. The fourth-order valence-electron chi connectivity index (χ4n) is 1.77. The Morgan fingerprint density at radius 3 is 2.89 bits per heavy atom. The molecule has 1 aromatic heterocycles. The van der Waals surface area contributed by atoms with E-state index in [1.54, 1.807) is 6.20 Å². The van der Waals surface area contributed by atoms with E-state index in [1.165, 1.54) is 5.56 Å². The van der Waals surface area contributed by atoms with Crippen molar-refractivity contribution < 1.29 is 4.74 Å². The molecule has 0 saturated heterocycles. The van der Waals surface area contributed by atoms with Crippen LogP contribution in [0.2, 0.25) is 0 Å². The Balaban J connectivity index is 2.02. The van der Waals surface area contributed by atoms with Gasteiger partial charge in [0.25, 0.3) is 0 Å². The zero-order chi connectivity index (χ0) is 12.8. The van der Waals surface area contributed by atoms with E-state index < -0.39 is 0 Å². The number of aromatic nitrogens is 1. The Labute approximate surface area is 108 Å². The van der Waals surface area contributed by atoms with Crippen molar-refractivity contribution in [3.05, 3.63) is 53.7 Å². The van der Waals surface area contributed by atoms with Gasteiger partial charge in [-0.25, -0.2) is 4.98 Å². The van der Waals surface area contributed by atoms with Crippen molar-refractivity contribution in [1.29, 1.82) is 0 Å². The monoisotopic (exact) mass is 242 g/mol. The van der Waals surface area contributed by atoms with Crippen molar-refractivity contribution in [3.8, 4) is 5.75 Å². The van der Waals surface area contributed by atoms with E-state index in [1.807, 2.05) is 38.1 Å². The quantitative estimate of drug-likeness (QED) is 0.872. The highest BCUT2D eigenvalue weighted by Crippen LogP contribution is 2.15. The SMILES string of the molecule is CCOc1cccc(CNc2ncccc2C)c1. The second kappa shape index (κ2) is 6.05. The fourth-order valence-corrected chi connectivity index (χ4v) is 1.77. The first kappa shape index (κ1) is 12.4. The molecular weight excluding hydrogens is 224 g/mol. The van der Waals surface area contributed by atoms with Gasteiger partial charge in [-0.05, 0) is 43.2 Å². The topological polar surface area (TPSA) is 34.1 Å². The van der Waals surface area contributed by atoms with E-state index in [0.717, 1.165) is 23.7 Å². The molecule has 2 rings (SSSR count). The summed E-state index contributed by atoms with van der Waals surface area (Å²) in [7, 11) is 0. The Bertz CT molecular complexity index is 511. The molecule has 0 aliphatic rings. The first-order chi connectivity index (χ1) is 8.79. The second-order valence-corrected chi connectivity index (χ2v) is 4.10. The molecule has 18 heavy (non-hydrogen) atoms. The largest absolute Gasteiger partial charge is 0.494 e. The molecule has 0 aliphatic carbocycles. The summed E-state index contributed by atoms with van der Waals surface area (Å²) < 4.78 is 5.48. The molecule has 0 amide bonds. The Morgan fingerprint density at radius 2 is 2.11 bits per heavy atom. The van der Waals surface area contributed by atoms with Crippen LogP contribution < -0.4 is 10.1 Å². The molecule has 3 nitrogen and oxygen atoms in total. The first-order valence-electron chi connectivity index (χ1n) is 6.17.